The fourth-order valence-electron chi connectivity index (χ4n) is 3.10. The van der Waals surface area contributed by atoms with Gasteiger partial charge in [0.2, 0.25) is 0 Å². The van der Waals surface area contributed by atoms with E-state index in [1.54, 1.807) is 0 Å². The smallest absolute Gasteiger partial charge is 0.152 e. The van der Waals surface area contributed by atoms with Gasteiger partial charge in [-0.15, -0.1) is 0 Å². The van der Waals surface area contributed by atoms with E-state index in [2.05, 4.69) is 26.1 Å². The van der Waals surface area contributed by atoms with Gasteiger partial charge in [0.1, 0.15) is 0 Å². The van der Waals surface area contributed by atoms with Crippen LogP contribution in [0.1, 0.15) is 53.4 Å². The first-order valence-electron chi connectivity index (χ1n) is 7.73. The van der Waals surface area contributed by atoms with Crippen molar-refractivity contribution in [1.82, 2.24) is 5.32 Å². The minimum Gasteiger partial charge on any atom is -0.330 e. The summed E-state index contributed by atoms with van der Waals surface area (Å²) in [5, 5.41) is 3.45. The van der Waals surface area contributed by atoms with E-state index >= 15 is 0 Å². The van der Waals surface area contributed by atoms with Gasteiger partial charge >= 0.3 is 0 Å². The third-order valence-corrected chi connectivity index (χ3v) is 6.43. The molecule has 1 saturated heterocycles. The van der Waals surface area contributed by atoms with E-state index in [-0.39, 0.29) is 11.3 Å². The minimum atomic E-state index is -2.82. The lowest BCUT2D eigenvalue weighted by Crippen LogP contribution is -2.44. The molecule has 0 aromatic heterocycles. The molecule has 2 unspecified atom stereocenters. The van der Waals surface area contributed by atoms with Crippen LogP contribution >= 0.6 is 0 Å². The maximum absolute atomic E-state index is 11.5. The Bertz CT molecular complexity index is 401. The second kappa shape index (κ2) is 6.75. The lowest BCUT2D eigenvalue weighted by Gasteiger charge is -2.31. The highest BCUT2D eigenvalue weighted by atomic mass is 32.2. The Balaban J connectivity index is 2.34. The Morgan fingerprint density at radius 1 is 1.30 bits per heavy atom. The number of nitrogens with two attached hydrogens (primary N) is 1. The van der Waals surface area contributed by atoms with Crippen molar-refractivity contribution in [2.45, 2.75) is 58.9 Å². The van der Waals surface area contributed by atoms with E-state index in [1.165, 1.54) is 0 Å². The van der Waals surface area contributed by atoms with Crippen molar-refractivity contribution in [3.05, 3.63) is 0 Å². The molecule has 0 aliphatic carbocycles. The van der Waals surface area contributed by atoms with Crippen LogP contribution in [0.2, 0.25) is 0 Å². The fourth-order valence-corrected chi connectivity index (χ4v) is 5.22. The first-order chi connectivity index (χ1) is 9.08. The highest BCUT2D eigenvalue weighted by molar-refractivity contribution is 7.91. The molecule has 1 fully saturated rings. The molecular formula is C15H32N2O2S. The van der Waals surface area contributed by atoms with Gasteiger partial charge in [-0.2, -0.15) is 0 Å². The van der Waals surface area contributed by atoms with Crippen LogP contribution in [0.3, 0.4) is 0 Å². The molecule has 0 aromatic rings. The highest BCUT2D eigenvalue weighted by Gasteiger charge is 2.37. The lowest BCUT2D eigenvalue weighted by molar-refractivity contribution is 0.208. The summed E-state index contributed by atoms with van der Waals surface area (Å²) in [6.07, 6.45) is 4.03. The van der Waals surface area contributed by atoms with E-state index < -0.39 is 9.84 Å². The summed E-state index contributed by atoms with van der Waals surface area (Å²) in [5.41, 5.74) is 5.77. The van der Waals surface area contributed by atoms with Gasteiger partial charge in [-0.25, -0.2) is 8.42 Å². The zero-order valence-corrected chi connectivity index (χ0v) is 14.4. The largest absolute Gasteiger partial charge is 0.330 e. The molecule has 1 aliphatic rings. The van der Waals surface area contributed by atoms with Crippen LogP contribution < -0.4 is 11.1 Å². The van der Waals surface area contributed by atoms with Crippen LogP contribution in [0.5, 0.6) is 0 Å². The Morgan fingerprint density at radius 3 is 2.40 bits per heavy atom. The molecule has 3 N–H and O–H groups in total. The highest BCUT2D eigenvalue weighted by Crippen LogP contribution is 2.32. The normalized spacial score (nSPS) is 27.6. The molecule has 0 spiro atoms. The van der Waals surface area contributed by atoms with Crippen molar-refractivity contribution in [3.63, 3.8) is 0 Å². The Labute approximate surface area is 124 Å². The first kappa shape index (κ1) is 17.9. The number of sulfone groups is 1. The molecule has 2 atom stereocenters. The van der Waals surface area contributed by atoms with Gasteiger partial charge < -0.3 is 11.1 Å². The maximum Gasteiger partial charge on any atom is 0.152 e. The quantitative estimate of drug-likeness (QED) is 0.705. The number of hydrogen-bond donors (Lipinski definition) is 2. The average Bonchev–Trinajstić information content (AvgIpc) is 2.56. The molecule has 20 heavy (non-hydrogen) atoms. The van der Waals surface area contributed by atoms with Crippen molar-refractivity contribution in [3.8, 4) is 0 Å². The van der Waals surface area contributed by atoms with Gasteiger partial charge in [0.05, 0.1) is 11.5 Å². The Hall–Kier alpha value is -0.130. The molecule has 120 valence electrons. The van der Waals surface area contributed by atoms with Gasteiger partial charge in [0, 0.05) is 5.54 Å². The fraction of sp³-hybridized carbons (Fsp3) is 1.00. The molecule has 0 radical (unpaired) electrons. The van der Waals surface area contributed by atoms with Crippen molar-refractivity contribution in [2.75, 3.05) is 24.6 Å². The molecule has 1 rings (SSSR count). The minimum absolute atomic E-state index is 0.218. The summed E-state index contributed by atoms with van der Waals surface area (Å²) in [4.78, 5) is 0. The Kier molecular flexibility index (Phi) is 6.05. The Morgan fingerprint density at radius 2 is 1.95 bits per heavy atom. The number of rotatable bonds is 7. The SMILES string of the molecule is CC1(NCCCC(CCN)C(C)(C)C)CCS(=O)(=O)C1. The molecule has 4 nitrogen and oxygen atoms in total. The van der Waals surface area contributed by atoms with Crippen LogP contribution in [0.15, 0.2) is 0 Å². The van der Waals surface area contributed by atoms with Crippen molar-refractivity contribution < 1.29 is 8.42 Å². The summed E-state index contributed by atoms with van der Waals surface area (Å²) in [5.74, 6) is 1.24. The van der Waals surface area contributed by atoms with Gasteiger partial charge in [0.15, 0.2) is 9.84 Å². The van der Waals surface area contributed by atoms with Gasteiger partial charge in [-0.05, 0) is 57.0 Å². The zero-order valence-electron chi connectivity index (χ0n) is 13.5. The third-order valence-electron chi connectivity index (χ3n) is 4.52. The van der Waals surface area contributed by atoms with Crippen LogP contribution in [-0.2, 0) is 9.84 Å². The topological polar surface area (TPSA) is 72.2 Å². The molecule has 1 aliphatic heterocycles. The predicted molar refractivity (Wildman–Crippen MR) is 85.5 cm³/mol. The van der Waals surface area contributed by atoms with Crippen molar-refractivity contribution >= 4 is 9.84 Å². The molecule has 0 saturated carbocycles. The van der Waals surface area contributed by atoms with E-state index in [4.69, 9.17) is 5.73 Å². The van der Waals surface area contributed by atoms with Gasteiger partial charge in [-0.1, -0.05) is 20.8 Å². The molecular weight excluding hydrogens is 272 g/mol. The van der Waals surface area contributed by atoms with Crippen LogP contribution in [-0.4, -0.2) is 38.6 Å². The summed E-state index contributed by atoms with van der Waals surface area (Å²) < 4.78 is 23.1. The van der Waals surface area contributed by atoms with Crippen LogP contribution in [0.4, 0.5) is 0 Å². The number of nitrogens with one attached hydrogen (secondary N) is 1. The molecule has 0 bridgehead atoms. The molecule has 0 amide bonds. The second-order valence-corrected chi connectivity index (χ2v) is 9.80. The zero-order chi connectivity index (χ0) is 15.4. The third kappa shape index (κ3) is 5.70. The predicted octanol–water partition coefficient (Wildman–Crippen LogP) is 1.94. The van der Waals surface area contributed by atoms with Crippen molar-refractivity contribution in [1.29, 1.82) is 0 Å². The standard InChI is InChI=1S/C15H32N2O2S/c1-14(2,3)13(7-9-16)6-5-10-17-15(4)8-11-20(18,19)12-15/h13,17H,5-12,16H2,1-4H3. The van der Waals surface area contributed by atoms with E-state index in [0.29, 0.717) is 17.1 Å². The van der Waals surface area contributed by atoms with Gasteiger partial charge in [0.25, 0.3) is 0 Å². The lowest BCUT2D eigenvalue weighted by atomic mass is 9.76. The van der Waals surface area contributed by atoms with E-state index in [0.717, 1.165) is 38.8 Å². The maximum atomic E-state index is 11.5. The summed E-state index contributed by atoms with van der Waals surface area (Å²) in [6.45, 7) is 10.5. The first-order valence-corrected chi connectivity index (χ1v) is 9.56. The van der Waals surface area contributed by atoms with Gasteiger partial charge in [-0.3, -0.25) is 0 Å². The molecule has 1 heterocycles. The average molecular weight is 305 g/mol. The van der Waals surface area contributed by atoms with Crippen molar-refractivity contribution in [2.24, 2.45) is 17.1 Å². The number of hydrogen-bond acceptors (Lipinski definition) is 4. The van der Waals surface area contributed by atoms with E-state index in [9.17, 15) is 8.42 Å². The molecule has 5 heteroatoms. The van der Waals surface area contributed by atoms with Crippen LogP contribution in [0.25, 0.3) is 0 Å². The summed E-state index contributed by atoms with van der Waals surface area (Å²) in [6, 6.07) is 0. The molecule has 0 aromatic carbocycles. The van der Waals surface area contributed by atoms with E-state index in [1.807, 2.05) is 6.92 Å². The summed E-state index contributed by atoms with van der Waals surface area (Å²) >= 11 is 0. The summed E-state index contributed by atoms with van der Waals surface area (Å²) in [7, 11) is -2.82. The second-order valence-electron chi connectivity index (χ2n) is 7.61. The monoisotopic (exact) mass is 304 g/mol. The van der Waals surface area contributed by atoms with Crippen LogP contribution in [0, 0.1) is 11.3 Å².